The Morgan fingerprint density at radius 1 is 0.868 bits per heavy atom. The molecular weight excluding hydrogens is 865 g/mol. The number of rotatable bonds is 29. The summed E-state index contributed by atoms with van der Waals surface area (Å²) >= 11 is 0. The lowest BCUT2D eigenvalue weighted by Gasteiger charge is -2.41. The van der Waals surface area contributed by atoms with Crippen LogP contribution in [0, 0.1) is 29.1 Å². The van der Waals surface area contributed by atoms with Crippen LogP contribution in [-0.2, 0) is 49.6 Å². The average Bonchev–Trinajstić information content (AvgIpc) is 3.86. The molecule has 2 aromatic carbocycles. The molecule has 68 heavy (non-hydrogen) atoms. The normalized spacial score (nSPS) is 21.1. The summed E-state index contributed by atoms with van der Waals surface area (Å²) < 4.78 is 18.1. The molecule has 1 heterocycles. The summed E-state index contributed by atoms with van der Waals surface area (Å²) in [5, 5.41) is 12.2. The van der Waals surface area contributed by atoms with E-state index in [0.717, 1.165) is 17.5 Å². The number of methoxy groups -OCH3 is 2. The van der Waals surface area contributed by atoms with Gasteiger partial charge in [-0.2, -0.15) is 0 Å². The predicted molar refractivity (Wildman–Crippen MR) is 262 cm³/mol. The van der Waals surface area contributed by atoms with Gasteiger partial charge in [0.25, 0.3) is 0 Å². The van der Waals surface area contributed by atoms with Crippen molar-refractivity contribution >= 4 is 35.4 Å². The van der Waals surface area contributed by atoms with Gasteiger partial charge in [-0.05, 0) is 81.0 Å². The van der Waals surface area contributed by atoms with E-state index in [1.165, 1.54) is 0 Å². The van der Waals surface area contributed by atoms with Crippen molar-refractivity contribution in [3.63, 3.8) is 0 Å². The van der Waals surface area contributed by atoms with Crippen LogP contribution in [0.25, 0.3) is 0 Å². The van der Waals surface area contributed by atoms with Crippen molar-refractivity contribution in [2.75, 3.05) is 41.4 Å². The number of benzene rings is 2. The molecule has 1 aliphatic heterocycles. The van der Waals surface area contributed by atoms with Crippen molar-refractivity contribution in [2.24, 2.45) is 29.1 Å². The van der Waals surface area contributed by atoms with Crippen LogP contribution in [0.15, 0.2) is 60.7 Å². The number of nitrogens with zero attached hydrogens (tertiary/aromatic N) is 3. The van der Waals surface area contributed by atoms with E-state index in [1.807, 2.05) is 119 Å². The minimum Gasteiger partial charge on any atom is -0.481 e. The molecule has 2 N–H and O–H groups in total. The number of Topliss-reactive ketones (excluding diaryl/α,β-unsaturated/α-hetero) is 1. The Morgan fingerprint density at radius 3 is 2.09 bits per heavy atom. The fourth-order valence-corrected chi connectivity index (χ4v) is 10.6. The van der Waals surface area contributed by atoms with E-state index in [9.17, 15) is 28.8 Å². The van der Waals surface area contributed by atoms with E-state index in [1.54, 1.807) is 33.2 Å². The van der Waals surface area contributed by atoms with E-state index in [-0.39, 0.29) is 85.1 Å². The molecule has 378 valence electrons. The fraction of sp³-hybridized carbons (Fsp3) is 0.667. The number of carboxylic acids is 1. The second-order valence-corrected chi connectivity index (χ2v) is 20.2. The average molecular weight is 947 g/mol. The number of carbonyl (C=O) groups is 6. The van der Waals surface area contributed by atoms with Crippen molar-refractivity contribution < 1.29 is 48.1 Å². The third-order valence-corrected chi connectivity index (χ3v) is 14.8. The number of ether oxygens (including phenoxy) is 3. The number of amides is 3. The van der Waals surface area contributed by atoms with Crippen LogP contribution in [0.4, 0.5) is 0 Å². The van der Waals surface area contributed by atoms with Gasteiger partial charge in [-0.1, -0.05) is 116 Å². The van der Waals surface area contributed by atoms with Gasteiger partial charge in [-0.25, -0.2) is 0 Å². The summed E-state index contributed by atoms with van der Waals surface area (Å²) in [6.45, 7) is 14.6. The summed E-state index contributed by atoms with van der Waals surface area (Å²) in [7, 11) is 6.65. The molecular formula is C54H82N4O10. The summed E-state index contributed by atoms with van der Waals surface area (Å²) in [6.07, 6.45) is 3.25. The summed E-state index contributed by atoms with van der Waals surface area (Å²) in [5.74, 6) is -2.78. The van der Waals surface area contributed by atoms with Crippen LogP contribution < -0.4 is 5.32 Å². The molecule has 10 unspecified atom stereocenters. The Kier molecular flexibility index (Phi) is 21.7. The van der Waals surface area contributed by atoms with E-state index in [0.29, 0.717) is 51.6 Å². The molecule has 0 aromatic heterocycles. The minimum atomic E-state index is -0.894. The fourth-order valence-electron chi connectivity index (χ4n) is 10.6. The number of esters is 1. The SMILES string of the molecule is CCC(C)C(C(CC(=O)N1CCCC1C(OC)C(C)C(=O)CCCC1(C(=O)OCc2ccccc2)CC1c1ccccc1)OC)N(C)C(=O)C(NC(=O)C(C(C)C)N(C)CCCC(=O)O)C(C)C. The van der Waals surface area contributed by atoms with Crippen LogP contribution >= 0.6 is 0 Å². The second kappa shape index (κ2) is 26.4. The van der Waals surface area contributed by atoms with Crippen LogP contribution in [-0.4, -0.2) is 133 Å². The van der Waals surface area contributed by atoms with Gasteiger partial charge in [0.1, 0.15) is 18.4 Å². The van der Waals surface area contributed by atoms with Gasteiger partial charge in [-0.3, -0.25) is 33.7 Å². The molecule has 4 rings (SSSR count). The Bertz CT molecular complexity index is 1950. The van der Waals surface area contributed by atoms with Gasteiger partial charge in [0.05, 0.1) is 42.2 Å². The van der Waals surface area contributed by atoms with Crippen LogP contribution in [0.1, 0.15) is 130 Å². The Hall–Kier alpha value is -4.66. The molecule has 0 bridgehead atoms. The van der Waals surface area contributed by atoms with Crippen molar-refractivity contribution in [1.29, 1.82) is 0 Å². The molecule has 2 fully saturated rings. The van der Waals surface area contributed by atoms with Gasteiger partial charge >= 0.3 is 11.9 Å². The molecule has 3 amide bonds. The highest BCUT2D eigenvalue weighted by Gasteiger charge is 2.61. The lowest BCUT2D eigenvalue weighted by Crippen LogP contribution is -2.60. The quantitative estimate of drug-likeness (QED) is 0.0773. The molecule has 10 atom stereocenters. The van der Waals surface area contributed by atoms with Crippen LogP contribution in [0.5, 0.6) is 0 Å². The summed E-state index contributed by atoms with van der Waals surface area (Å²) in [5.41, 5.74) is 1.32. The Morgan fingerprint density at radius 2 is 1.51 bits per heavy atom. The third-order valence-electron chi connectivity index (χ3n) is 14.8. The van der Waals surface area contributed by atoms with Crippen molar-refractivity contribution in [3.8, 4) is 0 Å². The number of ketones is 1. The molecule has 14 nitrogen and oxygen atoms in total. The van der Waals surface area contributed by atoms with Gasteiger partial charge < -0.3 is 34.4 Å². The van der Waals surface area contributed by atoms with E-state index < -0.39 is 47.6 Å². The predicted octanol–water partition coefficient (Wildman–Crippen LogP) is 7.53. The smallest absolute Gasteiger partial charge is 0.313 e. The number of carbonyl (C=O) groups excluding carboxylic acids is 5. The molecule has 1 saturated heterocycles. The summed E-state index contributed by atoms with van der Waals surface area (Å²) in [4.78, 5) is 87.1. The van der Waals surface area contributed by atoms with E-state index in [2.05, 4.69) is 5.32 Å². The Labute approximate surface area is 406 Å². The number of likely N-dealkylation sites (N-methyl/N-ethyl adjacent to an activating group) is 2. The maximum absolute atomic E-state index is 14.5. The zero-order chi connectivity index (χ0) is 50.3. The number of carboxylic acid groups (broad SMARTS) is 1. The summed E-state index contributed by atoms with van der Waals surface area (Å²) in [6, 6.07) is 17.3. The highest BCUT2D eigenvalue weighted by atomic mass is 16.5. The Balaban J connectivity index is 1.43. The van der Waals surface area contributed by atoms with Crippen LogP contribution in [0.3, 0.4) is 0 Å². The molecule has 14 heteroatoms. The number of nitrogens with one attached hydrogen (secondary N) is 1. The lowest BCUT2D eigenvalue weighted by atomic mass is 9.87. The maximum atomic E-state index is 14.5. The molecule has 2 aromatic rings. The first kappa shape index (κ1) is 55.9. The zero-order valence-corrected chi connectivity index (χ0v) is 42.8. The van der Waals surface area contributed by atoms with Crippen molar-refractivity contribution in [2.45, 2.75) is 162 Å². The lowest BCUT2D eigenvalue weighted by molar-refractivity contribution is -0.152. The van der Waals surface area contributed by atoms with E-state index >= 15 is 0 Å². The number of aliphatic carboxylic acids is 1. The van der Waals surface area contributed by atoms with Crippen LogP contribution in [0.2, 0.25) is 0 Å². The topological polar surface area (TPSA) is 172 Å². The van der Waals surface area contributed by atoms with Crippen molar-refractivity contribution in [3.05, 3.63) is 71.8 Å². The number of hydrogen-bond acceptors (Lipinski definition) is 10. The second-order valence-electron chi connectivity index (χ2n) is 20.2. The highest BCUT2D eigenvalue weighted by molar-refractivity contribution is 5.90. The molecule has 0 spiro atoms. The molecule has 1 saturated carbocycles. The zero-order valence-electron chi connectivity index (χ0n) is 42.8. The van der Waals surface area contributed by atoms with E-state index in [4.69, 9.17) is 19.3 Å². The minimum absolute atomic E-state index is 0.00130. The van der Waals surface area contributed by atoms with Gasteiger partial charge in [0, 0.05) is 52.5 Å². The van der Waals surface area contributed by atoms with Gasteiger partial charge in [0.2, 0.25) is 17.7 Å². The number of likely N-dealkylation sites (tertiary alicyclic amines) is 1. The third kappa shape index (κ3) is 14.4. The first-order chi connectivity index (χ1) is 32.3. The van der Waals surface area contributed by atoms with Crippen molar-refractivity contribution in [1.82, 2.24) is 20.0 Å². The van der Waals surface area contributed by atoms with Gasteiger partial charge in [-0.15, -0.1) is 0 Å². The standard InChI is InChI=1S/C54H82N4O10/c1-12-37(6)49(57(9)52(64)47(35(2)3)55-51(63)48(36(4)5)56(8)30-21-28-46(61)62)44(66-10)32-45(60)58-31-20-26-42(58)50(67-11)38(7)43(59)27-19-29-54(33-41(54)40-24-17-14-18-25-40)53(65)68-34-39-22-15-13-16-23-39/h13-18,22-25,35-38,41-42,44,47-50H,12,19-21,26-34H2,1-11H3,(H,55,63)(H,61,62). The highest BCUT2D eigenvalue weighted by Crippen LogP contribution is 2.63. The monoisotopic (exact) mass is 947 g/mol. The maximum Gasteiger partial charge on any atom is 0.313 e. The first-order valence-corrected chi connectivity index (χ1v) is 25.0. The number of hydrogen-bond donors (Lipinski definition) is 2. The molecule has 0 radical (unpaired) electrons. The largest absolute Gasteiger partial charge is 0.481 e. The van der Waals surface area contributed by atoms with Gasteiger partial charge in [0.15, 0.2) is 0 Å². The molecule has 2 aliphatic rings. The first-order valence-electron chi connectivity index (χ1n) is 25.0. The molecule has 1 aliphatic carbocycles.